The van der Waals surface area contributed by atoms with Gasteiger partial charge in [-0.1, -0.05) is 30.3 Å². The van der Waals surface area contributed by atoms with Crippen LogP contribution in [0.4, 0.5) is 13.2 Å². The van der Waals surface area contributed by atoms with Crippen LogP contribution in [0.25, 0.3) is 0 Å². The van der Waals surface area contributed by atoms with Crippen LogP contribution in [0.3, 0.4) is 0 Å². The molecule has 4 nitrogen and oxygen atoms in total. The van der Waals surface area contributed by atoms with Crippen LogP contribution >= 0.6 is 11.3 Å². The summed E-state index contributed by atoms with van der Waals surface area (Å²) in [4.78, 5) is 0. The molecule has 0 amide bonds. The molecular weight excluding hydrogens is 255 g/mol. The average Bonchev–Trinajstić information content (AvgIpc) is 2.74. The van der Waals surface area contributed by atoms with E-state index in [-0.39, 0.29) is 11.8 Å². The van der Waals surface area contributed by atoms with Crippen LogP contribution in [0.2, 0.25) is 0 Å². The quantitative estimate of drug-likeness (QED) is 0.892. The molecule has 0 aliphatic rings. The van der Waals surface area contributed by atoms with Gasteiger partial charge in [0.15, 0.2) is 0 Å². The standard InChI is InChI=1S/C9H14F3N3OS/c1-3-8(13,4-2)5-16-7-15-14-6(17-7)9(10,11)12/h3-5,13H2,1-2H3. The Labute approximate surface area is 101 Å². The van der Waals surface area contributed by atoms with Crippen LogP contribution in [0.15, 0.2) is 0 Å². The zero-order valence-electron chi connectivity index (χ0n) is 9.54. The Bertz CT molecular complexity index is 363. The minimum Gasteiger partial charge on any atom is -0.467 e. The molecule has 0 radical (unpaired) electrons. The third-order valence-corrected chi connectivity index (χ3v) is 3.42. The summed E-state index contributed by atoms with van der Waals surface area (Å²) in [7, 11) is 0. The number of alkyl halides is 3. The molecule has 0 aliphatic carbocycles. The maximum Gasteiger partial charge on any atom is 0.445 e. The molecule has 8 heteroatoms. The van der Waals surface area contributed by atoms with Gasteiger partial charge in [-0.15, -0.1) is 5.10 Å². The van der Waals surface area contributed by atoms with Crippen molar-refractivity contribution in [3.8, 4) is 5.19 Å². The molecular formula is C9H14F3N3OS. The van der Waals surface area contributed by atoms with E-state index >= 15 is 0 Å². The number of hydrogen-bond donors (Lipinski definition) is 1. The fourth-order valence-corrected chi connectivity index (χ4v) is 1.60. The summed E-state index contributed by atoms with van der Waals surface area (Å²) in [5, 5.41) is 5.23. The van der Waals surface area contributed by atoms with Gasteiger partial charge in [-0.2, -0.15) is 13.2 Å². The topological polar surface area (TPSA) is 61.0 Å². The number of rotatable bonds is 5. The van der Waals surface area contributed by atoms with E-state index in [4.69, 9.17) is 10.5 Å². The molecule has 1 aromatic rings. The molecule has 17 heavy (non-hydrogen) atoms. The van der Waals surface area contributed by atoms with E-state index in [0.717, 1.165) is 0 Å². The molecule has 0 saturated heterocycles. The lowest BCUT2D eigenvalue weighted by Gasteiger charge is -2.25. The summed E-state index contributed by atoms with van der Waals surface area (Å²) in [5.41, 5.74) is 5.41. The number of nitrogens with two attached hydrogens (primary N) is 1. The van der Waals surface area contributed by atoms with Crippen molar-refractivity contribution < 1.29 is 17.9 Å². The summed E-state index contributed by atoms with van der Waals surface area (Å²) < 4.78 is 41.9. The van der Waals surface area contributed by atoms with E-state index in [0.29, 0.717) is 24.2 Å². The molecule has 1 aromatic heterocycles. The number of ether oxygens (including phenoxy) is 1. The summed E-state index contributed by atoms with van der Waals surface area (Å²) in [6, 6.07) is 0. The molecule has 0 spiro atoms. The zero-order chi connectivity index (χ0) is 13.1. The van der Waals surface area contributed by atoms with Gasteiger partial charge in [0.1, 0.15) is 6.61 Å². The summed E-state index contributed by atoms with van der Waals surface area (Å²) in [5.74, 6) is 0. The third kappa shape index (κ3) is 3.81. The molecule has 0 fully saturated rings. The molecule has 0 atom stereocenters. The van der Waals surface area contributed by atoms with E-state index < -0.39 is 16.7 Å². The Morgan fingerprint density at radius 2 is 1.82 bits per heavy atom. The van der Waals surface area contributed by atoms with Crippen molar-refractivity contribution in [1.82, 2.24) is 10.2 Å². The largest absolute Gasteiger partial charge is 0.467 e. The van der Waals surface area contributed by atoms with Crippen molar-refractivity contribution in [2.75, 3.05) is 6.61 Å². The maximum absolute atomic E-state index is 12.2. The Kier molecular flexibility index (Phi) is 4.31. The van der Waals surface area contributed by atoms with Gasteiger partial charge in [0.2, 0.25) is 5.01 Å². The van der Waals surface area contributed by atoms with Gasteiger partial charge in [-0.25, -0.2) is 0 Å². The summed E-state index contributed by atoms with van der Waals surface area (Å²) in [6.07, 6.45) is -3.13. The second-order valence-corrected chi connectivity index (χ2v) is 4.67. The Morgan fingerprint density at radius 3 is 2.24 bits per heavy atom. The molecule has 98 valence electrons. The number of hydrogen-bond acceptors (Lipinski definition) is 5. The van der Waals surface area contributed by atoms with Gasteiger partial charge < -0.3 is 10.5 Å². The van der Waals surface area contributed by atoms with Crippen molar-refractivity contribution in [2.24, 2.45) is 5.73 Å². The normalized spacial score (nSPS) is 12.8. The number of halogens is 3. The first-order chi connectivity index (χ1) is 7.80. The second kappa shape index (κ2) is 5.18. The lowest BCUT2D eigenvalue weighted by atomic mass is 9.96. The molecule has 0 bridgehead atoms. The highest BCUT2D eigenvalue weighted by Crippen LogP contribution is 2.34. The van der Waals surface area contributed by atoms with Gasteiger partial charge in [0.25, 0.3) is 5.19 Å². The summed E-state index contributed by atoms with van der Waals surface area (Å²) >= 11 is 0.376. The highest BCUT2D eigenvalue weighted by atomic mass is 32.1. The third-order valence-electron chi connectivity index (χ3n) is 2.54. The van der Waals surface area contributed by atoms with Gasteiger partial charge in [0, 0.05) is 5.54 Å². The first kappa shape index (κ1) is 14.2. The highest BCUT2D eigenvalue weighted by molar-refractivity contribution is 7.13. The first-order valence-corrected chi connectivity index (χ1v) is 5.95. The van der Waals surface area contributed by atoms with E-state index in [9.17, 15) is 13.2 Å². The van der Waals surface area contributed by atoms with Crippen LogP contribution in [-0.4, -0.2) is 22.3 Å². The van der Waals surface area contributed by atoms with Crippen molar-refractivity contribution in [2.45, 2.75) is 38.4 Å². The van der Waals surface area contributed by atoms with E-state index in [2.05, 4.69) is 10.2 Å². The molecule has 0 aliphatic heterocycles. The number of aromatic nitrogens is 2. The van der Waals surface area contributed by atoms with Crippen LogP contribution in [-0.2, 0) is 6.18 Å². The fraction of sp³-hybridized carbons (Fsp3) is 0.778. The molecule has 2 N–H and O–H groups in total. The molecule has 1 rings (SSSR count). The second-order valence-electron chi connectivity index (χ2n) is 3.73. The van der Waals surface area contributed by atoms with Crippen LogP contribution < -0.4 is 10.5 Å². The van der Waals surface area contributed by atoms with Crippen molar-refractivity contribution in [3.63, 3.8) is 0 Å². The van der Waals surface area contributed by atoms with E-state index in [1.54, 1.807) is 0 Å². The lowest BCUT2D eigenvalue weighted by Crippen LogP contribution is -2.44. The predicted octanol–water partition coefficient (Wildman–Crippen LogP) is 2.45. The maximum atomic E-state index is 12.2. The molecule has 1 heterocycles. The van der Waals surface area contributed by atoms with E-state index in [1.165, 1.54) is 0 Å². The minimum absolute atomic E-state index is 0.103. The predicted molar refractivity (Wildman–Crippen MR) is 57.9 cm³/mol. The SMILES string of the molecule is CCC(N)(CC)COc1nnc(C(F)(F)F)s1. The lowest BCUT2D eigenvalue weighted by molar-refractivity contribution is -0.138. The van der Waals surface area contributed by atoms with Crippen LogP contribution in [0.1, 0.15) is 31.7 Å². The van der Waals surface area contributed by atoms with E-state index in [1.807, 2.05) is 13.8 Å². The average molecular weight is 269 g/mol. The monoisotopic (exact) mass is 269 g/mol. The first-order valence-electron chi connectivity index (χ1n) is 5.13. The van der Waals surface area contributed by atoms with Gasteiger partial charge in [-0.3, -0.25) is 0 Å². The van der Waals surface area contributed by atoms with Gasteiger partial charge in [0.05, 0.1) is 0 Å². The summed E-state index contributed by atoms with van der Waals surface area (Å²) in [6.45, 7) is 3.93. The Morgan fingerprint density at radius 1 is 1.24 bits per heavy atom. The Hall–Kier alpha value is -0.890. The van der Waals surface area contributed by atoms with Gasteiger partial charge >= 0.3 is 6.18 Å². The minimum atomic E-state index is -4.48. The van der Waals surface area contributed by atoms with Crippen molar-refractivity contribution >= 4 is 11.3 Å². The number of nitrogens with zero attached hydrogens (tertiary/aromatic N) is 2. The molecule has 0 unspecified atom stereocenters. The van der Waals surface area contributed by atoms with Crippen molar-refractivity contribution in [1.29, 1.82) is 0 Å². The molecule has 0 saturated carbocycles. The van der Waals surface area contributed by atoms with Crippen LogP contribution in [0.5, 0.6) is 5.19 Å². The smallest absolute Gasteiger partial charge is 0.445 e. The highest BCUT2D eigenvalue weighted by Gasteiger charge is 2.36. The fourth-order valence-electron chi connectivity index (χ4n) is 1.04. The van der Waals surface area contributed by atoms with Gasteiger partial charge in [-0.05, 0) is 12.8 Å². The Balaban J connectivity index is 2.62. The van der Waals surface area contributed by atoms with Crippen LogP contribution in [0, 0.1) is 0 Å². The zero-order valence-corrected chi connectivity index (χ0v) is 10.4. The molecule has 0 aromatic carbocycles. The van der Waals surface area contributed by atoms with Crippen molar-refractivity contribution in [3.05, 3.63) is 5.01 Å².